The molecule has 2 aromatic carbocycles. The molecule has 0 aliphatic carbocycles. The molecule has 2 N–H and O–H groups in total. The minimum Gasteiger partial charge on any atom is -0.491 e. The van der Waals surface area contributed by atoms with Gasteiger partial charge >= 0.3 is 0 Å². The molecule has 0 fully saturated rings. The molecule has 3 rings (SSSR count). The first-order valence-electron chi connectivity index (χ1n) is 8.57. The SMILES string of the molecule is COC(C)(C)COc1ccc(S(=O)(=O)Nc2cccc3c(C#N)c[nH]c23)cc1. The number of methoxy groups -OCH3 is 1. The van der Waals surface area contributed by atoms with Crippen molar-refractivity contribution in [1.82, 2.24) is 4.98 Å². The normalized spacial score (nSPS) is 11.9. The zero-order valence-electron chi connectivity index (χ0n) is 15.8. The van der Waals surface area contributed by atoms with Crippen LogP contribution in [0.15, 0.2) is 53.6 Å². The lowest BCUT2D eigenvalue weighted by atomic mass is 10.1. The van der Waals surface area contributed by atoms with Gasteiger partial charge in [0, 0.05) is 18.7 Å². The number of aromatic nitrogens is 1. The first-order chi connectivity index (χ1) is 13.3. The summed E-state index contributed by atoms with van der Waals surface area (Å²) >= 11 is 0. The van der Waals surface area contributed by atoms with Gasteiger partial charge in [-0.1, -0.05) is 12.1 Å². The maximum Gasteiger partial charge on any atom is 0.261 e. The molecule has 0 aliphatic heterocycles. The number of H-pyrrole nitrogens is 1. The summed E-state index contributed by atoms with van der Waals surface area (Å²) in [5, 5.41) is 9.79. The Hall–Kier alpha value is -3.02. The molecule has 0 saturated heterocycles. The molecule has 146 valence electrons. The van der Waals surface area contributed by atoms with Crippen molar-refractivity contribution in [2.45, 2.75) is 24.3 Å². The van der Waals surface area contributed by atoms with Gasteiger partial charge in [-0.2, -0.15) is 5.26 Å². The third kappa shape index (κ3) is 4.11. The number of hydrogen-bond donors (Lipinski definition) is 2. The number of nitrogens with zero attached hydrogens (tertiary/aromatic N) is 1. The Morgan fingerprint density at radius 2 is 1.89 bits per heavy atom. The number of anilines is 1. The van der Waals surface area contributed by atoms with Crippen LogP contribution in [0.5, 0.6) is 5.75 Å². The maximum atomic E-state index is 12.7. The summed E-state index contributed by atoms with van der Waals surface area (Å²) in [6.07, 6.45) is 1.55. The predicted octanol–water partition coefficient (Wildman–Crippen LogP) is 3.64. The van der Waals surface area contributed by atoms with E-state index in [1.165, 1.54) is 12.1 Å². The average molecular weight is 399 g/mol. The average Bonchev–Trinajstić information content (AvgIpc) is 3.11. The molecule has 0 radical (unpaired) electrons. The summed E-state index contributed by atoms with van der Waals surface area (Å²) in [6.45, 7) is 4.13. The van der Waals surface area contributed by atoms with E-state index in [9.17, 15) is 8.42 Å². The molecular weight excluding hydrogens is 378 g/mol. The summed E-state index contributed by atoms with van der Waals surface area (Å²) < 4.78 is 39.0. The van der Waals surface area contributed by atoms with Crippen LogP contribution in [-0.4, -0.2) is 32.7 Å². The van der Waals surface area contributed by atoms with Gasteiger partial charge in [-0.15, -0.1) is 0 Å². The highest BCUT2D eigenvalue weighted by molar-refractivity contribution is 7.92. The number of fused-ring (bicyclic) bond motifs is 1. The summed E-state index contributed by atoms with van der Waals surface area (Å²) in [5.41, 5.74) is 0.950. The van der Waals surface area contributed by atoms with Crippen LogP contribution in [0.1, 0.15) is 19.4 Å². The molecule has 0 unspecified atom stereocenters. The van der Waals surface area contributed by atoms with Gasteiger partial charge in [0.15, 0.2) is 0 Å². The van der Waals surface area contributed by atoms with E-state index in [4.69, 9.17) is 14.7 Å². The second-order valence-electron chi connectivity index (χ2n) is 6.87. The van der Waals surface area contributed by atoms with Gasteiger partial charge in [0.2, 0.25) is 0 Å². The van der Waals surface area contributed by atoms with Crippen molar-refractivity contribution in [2.75, 3.05) is 18.4 Å². The second kappa shape index (κ2) is 7.54. The van der Waals surface area contributed by atoms with Gasteiger partial charge in [0.25, 0.3) is 10.0 Å². The minimum absolute atomic E-state index is 0.106. The Bertz CT molecular complexity index is 1130. The van der Waals surface area contributed by atoms with Crippen LogP contribution in [0.3, 0.4) is 0 Å². The lowest BCUT2D eigenvalue weighted by Crippen LogP contribution is -2.30. The molecular formula is C20H21N3O4S. The first kappa shape index (κ1) is 19.7. The number of benzene rings is 2. The largest absolute Gasteiger partial charge is 0.491 e. The Morgan fingerprint density at radius 1 is 1.18 bits per heavy atom. The maximum absolute atomic E-state index is 12.7. The second-order valence-corrected chi connectivity index (χ2v) is 8.55. The van der Waals surface area contributed by atoms with Crippen LogP contribution in [0.4, 0.5) is 5.69 Å². The summed E-state index contributed by atoms with van der Waals surface area (Å²) in [5.74, 6) is 0.550. The number of nitrogens with one attached hydrogen (secondary N) is 2. The van der Waals surface area contributed by atoms with Gasteiger partial charge in [-0.05, 0) is 44.2 Å². The lowest BCUT2D eigenvalue weighted by molar-refractivity contribution is -0.0146. The summed E-state index contributed by atoms with van der Waals surface area (Å²) in [6, 6.07) is 13.3. The number of ether oxygens (including phenoxy) is 2. The van der Waals surface area contributed by atoms with E-state index in [1.54, 1.807) is 43.6 Å². The molecule has 8 heteroatoms. The first-order valence-corrected chi connectivity index (χ1v) is 10.0. The van der Waals surface area contributed by atoms with Crippen molar-refractivity contribution < 1.29 is 17.9 Å². The zero-order chi connectivity index (χ0) is 20.4. The fourth-order valence-electron chi connectivity index (χ4n) is 2.57. The molecule has 0 amide bonds. The van der Waals surface area contributed by atoms with Crippen LogP contribution in [0, 0.1) is 11.3 Å². The van der Waals surface area contributed by atoms with E-state index in [0.29, 0.717) is 34.5 Å². The third-order valence-corrected chi connectivity index (χ3v) is 5.73. The van der Waals surface area contributed by atoms with E-state index in [2.05, 4.69) is 15.8 Å². The van der Waals surface area contributed by atoms with Crippen LogP contribution in [0.25, 0.3) is 10.9 Å². The van der Waals surface area contributed by atoms with Crippen LogP contribution < -0.4 is 9.46 Å². The molecule has 28 heavy (non-hydrogen) atoms. The van der Waals surface area contributed by atoms with E-state index >= 15 is 0 Å². The highest BCUT2D eigenvalue weighted by atomic mass is 32.2. The number of para-hydroxylation sites is 1. The van der Waals surface area contributed by atoms with E-state index in [0.717, 1.165) is 0 Å². The van der Waals surface area contributed by atoms with Crippen LogP contribution in [-0.2, 0) is 14.8 Å². The van der Waals surface area contributed by atoms with Crippen molar-refractivity contribution in [2.24, 2.45) is 0 Å². The third-order valence-electron chi connectivity index (χ3n) is 4.35. The predicted molar refractivity (Wildman–Crippen MR) is 107 cm³/mol. The molecule has 3 aromatic rings. The molecule has 1 heterocycles. The van der Waals surface area contributed by atoms with Gasteiger partial charge in [0.1, 0.15) is 18.4 Å². The zero-order valence-corrected chi connectivity index (χ0v) is 16.6. The van der Waals surface area contributed by atoms with Gasteiger partial charge < -0.3 is 14.5 Å². The Balaban J connectivity index is 1.80. The summed E-state index contributed by atoms with van der Waals surface area (Å²) in [7, 11) is -2.19. The summed E-state index contributed by atoms with van der Waals surface area (Å²) in [4.78, 5) is 3.05. The quantitative estimate of drug-likeness (QED) is 0.631. The van der Waals surface area contributed by atoms with Gasteiger partial charge in [0.05, 0.1) is 27.3 Å². The van der Waals surface area contributed by atoms with Crippen LogP contribution >= 0.6 is 0 Å². The lowest BCUT2D eigenvalue weighted by Gasteiger charge is -2.22. The molecule has 0 atom stereocenters. The molecule has 1 aromatic heterocycles. The monoisotopic (exact) mass is 399 g/mol. The Morgan fingerprint density at radius 3 is 2.54 bits per heavy atom. The van der Waals surface area contributed by atoms with Crippen LogP contribution in [0.2, 0.25) is 0 Å². The number of sulfonamides is 1. The number of hydrogen-bond acceptors (Lipinski definition) is 5. The van der Waals surface area contributed by atoms with E-state index < -0.39 is 15.6 Å². The topological polar surface area (TPSA) is 104 Å². The van der Waals surface area contributed by atoms with Gasteiger partial charge in [-0.25, -0.2) is 8.42 Å². The van der Waals surface area contributed by atoms with E-state index in [-0.39, 0.29) is 4.90 Å². The molecule has 0 aliphatic rings. The highest BCUT2D eigenvalue weighted by Gasteiger charge is 2.19. The van der Waals surface area contributed by atoms with Crippen molar-refractivity contribution in [3.8, 4) is 11.8 Å². The van der Waals surface area contributed by atoms with E-state index in [1.807, 2.05) is 13.8 Å². The fraction of sp³-hybridized carbons (Fsp3) is 0.250. The van der Waals surface area contributed by atoms with Gasteiger partial charge in [-0.3, -0.25) is 4.72 Å². The van der Waals surface area contributed by atoms with Crippen molar-refractivity contribution in [1.29, 1.82) is 5.26 Å². The van der Waals surface area contributed by atoms with Crippen molar-refractivity contribution in [3.05, 3.63) is 54.2 Å². The minimum atomic E-state index is -3.80. The molecule has 7 nitrogen and oxygen atoms in total. The Kier molecular flexibility index (Phi) is 5.31. The van der Waals surface area contributed by atoms with Crippen molar-refractivity contribution >= 4 is 26.6 Å². The molecule has 0 spiro atoms. The fourth-order valence-corrected chi connectivity index (χ4v) is 3.64. The number of aromatic amines is 1. The molecule has 0 saturated carbocycles. The Labute approximate surface area is 163 Å². The highest BCUT2D eigenvalue weighted by Crippen LogP contribution is 2.27. The number of rotatable bonds is 7. The smallest absolute Gasteiger partial charge is 0.261 e. The van der Waals surface area contributed by atoms with Crippen molar-refractivity contribution in [3.63, 3.8) is 0 Å². The molecule has 0 bridgehead atoms. The number of nitriles is 1. The standard InChI is InChI=1S/C20H21N3O4S/c1-20(2,26-3)13-27-15-7-9-16(10-8-15)28(24,25)23-18-6-4-5-17-14(11-21)12-22-19(17)18/h4-10,12,22-23H,13H2,1-3H3.